The first kappa shape index (κ1) is 12.6. The summed E-state index contributed by atoms with van der Waals surface area (Å²) in [5.74, 6) is 0.752. The lowest BCUT2D eigenvalue weighted by Crippen LogP contribution is -2.04. The maximum atomic E-state index is 4.39. The molecule has 0 aliphatic carbocycles. The van der Waals surface area contributed by atoms with Crippen LogP contribution >= 0.6 is 0 Å². The largest absolute Gasteiger partial charge is 0.256 e. The average Bonchev–Trinajstić information content (AvgIpc) is 3.03. The molecule has 0 saturated carbocycles. The second kappa shape index (κ2) is 5.37. The molecule has 0 bridgehead atoms. The van der Waals surface area contributed by atoms with Gasteiger partial charge in [-0.3, -0.25) is 4.98 Å². The monoisotopic (exact) mass is 287 g/mol. The second-order valence-electron chi connectivity index (χ2n) is 5.02. The summed E-state index contributed by atoms with van der Waals surface area (Å²) in [4.78, 5) is 4.39. The van der Waals surface area contributed by atoms with Crippen molar-refractivity contribution in [2.24, 2.45) is 0 Å². The van der Waals surface area contributed by atoms with Gasteiger partial charge in [-0.1, -0.05) is 48.5 Å². The normalized spacial score (nSPS) is 10.9. The molecule has 106 valence electrons. The Kier molecular flexibility index (Phi) is 3.08. The number of pyridine rings is 1. The Balaban J connectivity index is 1.82. The summed E-state index contributed by atoms with van der Waals surface area (Å²) < 4.78 is 1.82. The van der Waals surface area contributed by atoms with Gasteiger partial charge in [0, 0.05) is 17.1 Å². The van der Waals surface area contributed by atoms with Gasteiger partial charge in [-0.05, 0) is 28.1 Å². The summed E-state index contributed by atoms with van der Waals surface area (Å²) in [6.07, 6.45) is 1.79. The van der Waals surface area contributed by atoms with Gasteiger partial charge in [-0.25, -0.2) is 4.68 Å². The van der Waals surface area contributed by atoms with E-state index < -0.39 is 0 Å². The number of tetrazole rings is 1. The van der Waals surface area contributed by atoms with E-state index in [4.69, 9.17) is 0 Å². The number of hydrogen-bond donors (Lipinski definition) is 0. The summed E-state index contributed by atoms with van der Waals surface area (Å²) in [6.45, 7) is 0.639. The lowest BCUT2D eigenvalue weighted by molar-refractivity contribution is 0.653. The van der Waals surface area contributed by atoms with Crippen molar-refractivity contribution in [2.45, 2.75) is 6.54 Å². The Hall–Kier alpha value is -3.08. The van der Waals surface area contributed by atoms with Gasteiger partial charge in [0.2, 0.25) is 0 Å². The first-order valence-corrected chi connectivity index (χ1v) is 7.06. The molecular formula is C17H13N5. The maximum Gasteiger partial charge on any atom is 0.183 e. The molecule has 0 aliphatic heterocycles. The minimum Gasteiger partial charge on any atom is -0.256 e. The Morgan fingerprint density at radius 2 is 1.77 bits per heavy atom. The van der Waals surface area contributed by atoms with Crippen LogP contribution in [-0.4, -0.2) is 25.2 Å². The fraction of sp³-hybridized carbons (Fsp3) is 0.0588. The fourth-order valence-corrected chi connectivity index (χ4v) is 2.56. The van der Waals surface area contributed by atoms with Crippen molar-refractivity contribution in [2.75, 3.05) is 0 Å². The number of hydrogen-bond acceptors (Lipinski definition) is 4. The number of benzene rings is 2. The number of rotatable bonds is 3. The van der Waals surface area contributed by atoms with Crippen molar-refractivity contribution in [3.8, 4) is 11.4 Å². The van der Waals surface area contributed by atoms with Crippen molar-refractivity contribution in [3.63, 3.8) is 0 Å². The van der Waals surface area contributed by atoms with Crippen molar-refractivity contribution < 1.29 is 0 Å². The maximum absolute atomic E-state index is 4.39. The predicted molar refractivity (Wildman–Crippen MR) is 84.1 cm³/mol. The van der Waals surface area contributed by atoms with Gasteiger partial charge in [0.25, 0.3) is 0 Å². The molecule has 0 aliphatic rings. The molecule has 2 aromatic carbocycles. The Labute approximate surface area is 127 Å². The van der Waals surface area contributed by atoms with Gasteiger partial charge in [-0.2, -0.15) is 0 Å². The van der Waals surface area contributed by atoms with E-state index >= 15 is 0 Å². The third kappa shape index (κ3) is 2.22. The number of aromatic nitrogens is 5. The summed E-state index contributed by atoms with van der Waals surface area (Å²) >= 11 is 0. The molecule has 2 aromatic heterocycles. The lowest BCUT2D eigenvalue weighted by atomic mass is 10.1. The molecule has 5 nitrogen and oxygen atoms in total. The highest BCUT2D eigenvalue weighted by molar-refractivity contribution is 5.92. The topological polar surface area (TPSA) is 56.5 Å². The van der Waals surface area contributed by atoms with Crippen LogP contribution in [0.15, 0.2) is 66.9 Å². The van der Waals surface area contributed by atoms with Crippen molar-refractivity contribution in [3.05, 3.63) is 72.4 Å². The highest BCUT2D eigenvalue weighted by Gasteiger charge is 2.12. The van der Waals surface area contributed by atoms with E-state index in [2.05, 4.69) is 32.6 Å². The van der Waals surface area contributed by atoms with E-state index in [0.29, 0.717) is 6.54 Å². The van der Waals surface area contributed by atoms with Crippen LogP contribution in [0.4, 0.5) is 0 Å². The molecule has 0 radical (unpaired) electrons. The van der Waals surface area contributed by atoms with Crippen LogP contribution < -0.4 is 0 Å². The molecule has 0 N–H and O–H groups in total. The Morgan fingerprint density at radius 3 is 2.68 bits per heavy atom. The lowest BCUT2D eigenvalue weighted by Gasteiger charge is -2.07. The zero-order valence-corrected chi connectivity index (χ0v) is 11.8. The fourth-order valence-electron chi connectivity index (χ4n) is 2.56. The molecule has 0 fully saturated rings. The Morgan fingerprint density at radius 1 is 0.864 bits per heavy atom. The second-order valence-corrected chi connectivity index (χ2v) is 5.02. The van der Waals surface area contributed by atoms with E-state index in [1.165, 1.54) is 0 Å². The minimum atomic E-state index is 0.639. The summed E-state index contributed by atoms with van der Waals surface area (Å²) in [7, 11) is 0. The van der Waals surface area contributed by atoms with Crippen LogP contribution in [0.3, 0.4) is 0 Å². The number of fused-ring (bicyclic) bond motifs is 1. The van der Waals surface area contributed by atoms with E-state index in [9.17, 15) is 0 Å². The summed E-state index contributed by atoms with van der Waals surface area (Å²) in [5, 5.41) is 13.2. The quantitative estimate of drug-likeness (QED) is 0.581. The van der Waals surface area contributed by atoms with Gasteiger partial charge in [0.15, 0.2) is 5.82 Å². The van der Waals surface area contributed by atoms with Crippen LogP contribution in [0, 0.1) is 0 Å². The minimum absolute atomic E-state index is 0.639. The van der Waals surface area contributed by atoms with Gasteiger partial charge in [0.1, 0.15) is 0 Å². The SMILES string of the molecule is c1ccc(Cn2nnnc2-c2cccc3ncccc23)cc1. The van der Waals surface area contributed by atoms with Crippen molar-refractivity contribution in [1.29, 1.82) is 0 Å². The molecule has 4 rings (SSSR count). The molecule has 5 heteroatoms. The van der Waals surface area contributed by atoms with Crippen molar-refractivity contribution >= 4 is 10.9 Å². The highest BCUT2D eigenvalue weighted by atomic mass is 15.5. The predicted octanol–water partition coefficient (Wildman–Crippen LogP) is 2.94. The molecule has 0 unspecified atom stereocenters. The van der Waals surface area contributed by atoms with Crippen LogP contribution in [-0.2, 0) is 6.54 Å². The zero-order valence-electron chi connectivity index (χ0n) is 11.8. The van der Waals surface area contributed by atoms with E-state index in [1.807, 2.05) is 53.2 Å². The highest BCUT2D eigenvalue weighted by Crippen LogP contribution is 2.25. The van der Waals surface area contributed by atoms with Crippen LogP contribution in [0.2, 0.25) is 0 Å². The number of nitrogens with zero attached hydrogens (tertiary/aromatic N) is 5. The summed E-state index contributed by atoms with van der Waals surface area (Å²) in [5.41, 5.74) is 3.09. The van der Waals surface area contributed by atoms with Gasteiger partial charge < -0.3 is 0 Å². The van der Waals surface area contributed by atoms with Crippen LogP contribution in [0.5, 0.6) is 0 Å². The standard InChI is InChI=1S/C17H13N5/c1-2-6-13(7-3-1)12-22-17(19-20-21-22)15-8-4-10-16-14(15)9-5-11-18-16/h1-11H,12H2. The molecule has 0 amide bonds. The third-order valence-corrected chi connectivity index (χ3v) is 3.59. The van der Waals surface area contributed by atoms with Crippen LogP contribution in [0.1, 0.15) is 5.56 Å². The molecule has 0 spiro atoms. The zero-order chi connectivity index (χ0) is 14.8. The van der Waals surface area contributed by atoms with Gasteiger partial charge in [0.05, 0.1) is 12.1 Å². The first-order chi connectivity index (χ1) is 10.9. The van der Waals surface area contributed by atoms with Crippen molar-refractivity contribution in [1.82, 2.24) is 25.2 Å². The third-order valence-electron chi connectivity index (χ3n) is 3.59. The van der Waals surface area contributed by atoms with E-state index in [1.54, 1.807) is 6.20 Å². The smallest absolute Gasteiger partial charge is 0.183 e. The van der Waals surface area contributed by atoms with Gasteiger partial charge in [-0.15, -0.1) is 5.10 Å². The van der Waals surface area contributed by atoms with E-state index in [-0.39, 0.29) is 0 Å². The van der Waals surface area contributed by atoms with Gasteiger partial charge >= 0.3 is 0 Å². The molecule has 22 heavy (non-hydrogen) atoms. The molecule has 0 saturated heterocycles. The molecule has 4 aromatic rings. The van der Waals surface area contributed by atoms with Crippen LogP contribution in [0.25, 0.3) is 22.3 Å². The molecule has 0 atom stereocenters. The molecule has 2 heterocycles. The van der Waals surface area contributed by atoms with E-state index in [0.717, 1.165) is 27.9 Å². The Bertz CT molecular complexity index is 909. The summed E-state index contributed by atoms with van der Waals surface area (Å²) in [6, 6.07) is 20.1. The first-order valence-electron chi connectivity index (χ1n) is 7.06. The average molecular weight is 287 g/mol. The molecular weight excluding hydrogens is 274 g/mol.